The fraction of sp³-hybridized carbons (Fsp3) is 0.222. The van der Waals surface area contributed by atoms with E-state index in [1.54, 1.807) is 0 Å². The Hall–Kier alpha value is -1.43. The molecule has 0 radical (unpaired) electrons. The number of hydrogen-bond donors (Lipinski definition) is 1. The molecule has 0 aliphatic carbocycles. The third-order valence-electron chi connectivity index (χ3n) is 1.88. The summed E-state index contributed by atoms with van der Waals surface area (Å²) >= 11 is 5.59. The van der Waals surface area contributed by atoms with E-state index in [1.165, 1.54) is 7.11 Å². The van der Waals surface area contributed by atoms with E-state index >= 15 is 0 Å². The summed E-state index contributed by atoms with van der Waals surface area (Å²) in [4.78, 5) is 10.9. The number of halogens is 4. The highest BCUT2D eigenvalue weighted by Crippen LogP contribution is 2.38. The van der Waals surface area contributed by atoms with E-state index in [1.807, 2.05) is 0 Å². The third-order valence-corrected chi connectivity index (χ3v) is 2.25. The van der Waals surface area contributed by atoms with Gasteiger partial charge in [-0.3, -0.25) is 4.79 Å². The SMILES string of the molecule is COc1ccc(C(F)(F)F)c(C(N)=O)c1Cl. The average molecular weight is 254 g/mol. The van der Waals surface area contributed by atoms with Crippen molar-refractivity contribution < 1.29 is 22.7 Å². The van der Waals surface area contributed by atoms with E-state index in [4.69, 9.17) is 22.1 Å². The van der Waals surface area contributed by atoms with Crippen LogP contribution < -0.4 is 10.5 Å². The number of benzene rings is 1. The molecule has 1 aromatic carbocycles. The van der Waals surface area contributed by atoms with Crippen molar-refractivity contribution in [1.29, 1.82) is 0 Å². The Morgan fingerprint density at radius 2 is 2.00 bits per heavy atom. The van der Waals surface area contributed by atoms with Crippen LogP contribution in [0.5, 0.6) is 5.75 Å². The molecular formula is C9H7ClF3NO2. The van der Waals surface area contributed by atoms with Gasteiger partial charge in [0.2, 0.25) is 0 Å². The first-order chi connectivity index (χ1) is 7.29. The van der Waals surface area contributed by atoms with Gasteiger partial charge in [0.05, 0.1) is 23.3 Å². The van der Waals surface area contributed by atoms with Crippen LogP contribution in [-0.4, -0.2) is 13.0 Å². The van der Waals surface area contributed by atoms with Crippen LogP contribution in [0.1, 0.15) is 15.9 Å². The molecule has 0 atom stereocenters. The van der Waals surface area contributed by atoms with Gasteiger partial charge >= 0.3 is 6.18 Å². The molecular weight excluding hydrogens is 247 g/mol. The lowest BCUT2D eigenvalue weighted by Gasteiger charge is -2.13. The van der Waals surface area contributed by atoms with Gasteiger partial charge < -0.3 is 10.5 Å². The van der Waals surface area contributed by atoms with Crippen molar-refractivity contribution in [3.63, 3.8) is 0 Å². The number of carbonyl (C=O) groups is 1. The van der Waals surface area contributed by atoms with Crippen molar-refractivity contribution in [2.75, 3.05) is 7.11 Å². The van der Waals surface area contributed by atoms with Crippen LogP contribution in [0.25, 0.3) is 0 Å². The molecule has 88 valence electrons. The summed E-state index contributed by atoms with van der Waals surface area (Å²) in [7, 11) is 1.22. The van der Waals surface area contributed by atoms with Crippen LogP contribution >= 0.6 is 11.6 Å². The van der Waals surface area contributed by atoms with Crippen molar-refractivity contribution in [2.24, 2.45) is 5.73 Å². The van der Waals surface area contributed by atoms with Gasteiger partial charge in [-0.1, -0.05) is 11.6 Å². The second-order valence-electron chi connectivity index (χ2n) is 2.87. The Balaban J connectivity index is 3.53. The molecule has 0 spiro atoms. The quantitative estimate of drug-likeness (QED) is 0.880. The highest BCUT2D eigenvalue weighted by atomic mass is 35.5. The molecule has 0 aliphatic heterocycles. The number of amides is 1. The molecule has 2 N–H and O–H groups in total. The number of nitrogens with two attached hydrogens (primary N) is 1. The van der Waals surface area contributed by atoms with Crippen LogP contribution in [0, 0.1) is 0 Å². The molecule has 0 aromatic heterocycles. The van der Waals surface area contributed by atoms with Gasteiger partial charge in [-0.05, 0) is 12.1 Å². The maximum absolute atomic E-state index is 12.5. The summed E-state index contributed by atoms with van der Waals surface area (Å²) in [6, 6.07) is 1.72. The van der Waals surface area contributed by atoms with Gasteiger partial charge in [0.15, 0.2) is 0 Å². The summed E-state index contributed by atoms with van der Waals surface area (Å²) in [6.45, 7) is 0. The summed E-state index contributed by atoms with van der Waals surface area (Å²) in [5, 5.41) is -0.440. The van der Waals surface area contributed by atoms with Gasteiger partial charge in [0.25, 0.3) is 5.91 Å². The maximum atomic E-state index is 12.5. The Morgan fingerprint density at radius 1 is 1.44 bits per heavy atom. The Labute approximate surface area is 93.9 Å². The first-order valence-corrected chi connectivity index (χ1v) is 4.40. The van der Waals surface area contributed by atoms with Crippen molar-refractivity contribution in [3.05, 3.63) is 28.3 Å². The molecule has 0 unspecified atom stereocenters. The van der Waals surface area contributed by atoms with Gasteiger partial charge in [-0.15, -0.1) is 0 Å². The number of ether oxygens (including phenoxy) is 1. The molecule has 1 rings (SSSR count). The van der Waals surface area contributed by atoms with Crippen molar-refractivity contribution in [3.8, 4) is 5.75 Å². The lowest BCUT2D eigenvalue weighted by atomic mass is 10.1. The fourth-order valence-corrected chi connectivity index (χ4v) is 1.53. The summed E-state index contributed by atoms with van der Waals surface area (Å²) in [5.74, 6) is -1.29. The summed E-state index contributed by atoms with van der Waals surface area (Å²) < 4.78 is 42.2. The van der Waals surface area contributed by atoms with E-state index in [0.29, 0.717) is 6.07 Å². The molecule has 0 saturated heterocycles. The molecule has 7 heteroatoms. The zero-order chi connectivity index (χ0) is 12.5. The number of rotatable bonds is 2. The van der Waals surface area contributed by atoms with Gasteiger partial charge in [0.1, 0.15) is 5.75 Å². The Kier molecular flexibility index (Phi) is 3.32. The smallest absolute Gasteiger partial charge is 0.417 e. The standard InChI is InChI=1S/C9H7ClF3NO2/c1-16-5-3-2-4(9(11,12)13)6(7(5)10)8(14)15/h2-3H,1H3,(H2,14,15). The van der Waals surface area contributed by atoms with E-state index < -0.39 is 28.2 Å². The van der Waals surface area contributed by atoms with Crippen molar-refractivity contribution >= 4 is 17.5 Å². The minimum atomic E-state index is -4.69. The van der Waals surface area contributed by atoms with Gasteiger partial charge in [0, 0.05) is 0 Å². The van der Waals surface area contributed by atoms with Crippen LogP contribution in [0.15, 0.2) is 12.1 Å². The van der Waals surface area contributed by atoms with Gasteiger partial charge in [-0.2, -0.15) is 13.2 Å². The van der Waals surface area contributed by atoms with E-state index in [0.717, 1.165) is 6.07 Å². The maximum Gasteiger partial charge on any atom is 0.417 e. The predicted molar refractivity (Wildman–Crippen MR) is 51.5 cm³/mol. The molecule has 1 amide bonds. The highest BCUT2D eigenvalue weighted by molar-refractivity contribution is 6.35. The topological polar surface area (TPSA) is 52.3 Å². The largest absolute Gasteiger partial charge is 0.495 e. The molecule has 0 bridgehead atoms. The van der Waals surface area contributed by atoms with Crippen LogP contribution in [0.3, 0.4) is 0 Å². The van der Waals surface area contributed by atoms with E-state index in [2.05, 4.69) is 0 Å². The molecule has 3 nitrogen and oxygen atoms in total. The third kappa shape index (κ3) is 2.21. The second-order valence-corrected chi connectivity index (χ2v) is 3.24. The zero-order valence-electron chi connectivity index (χ0n) is 8.06. The number of methoxy groups -OCH3 is 1. The Morgan fingerprint density at radius 3 is 2.38 bits per heavy atom. The van der Waals surface area contributed by atoms with Crippen LogP contribution in [0.2, 0.25) is 5.02 Å². The first-order valence-electron chi connectivity index (χ1n) is 4.02. The highest BCUT2D eigenvalue weighted by Gasteiger charge is 2.36. The normalized spacial score (nSPS) is 11.3. The number of alkyl halides is 3. The fourth-order valence-electron chi connectivity index (χ4n) is 1.19. The van der Waals surface area contributed by atoms with Gasteiger partial charge in [-0.25, -0.2) is 0 Å². The minimum absolute atomic E-state index is 0.0385. The van der Waals surface area contributed by atoms with Crippen molar-refractivity contribution in [2.45, 2.75) is 6.18 Å². The second kappa shape index (κ2) is 4.21. The lowest BCUT2D eigenvalue weighted by molar-refractivity contribution is -0.137. The predicted octanol–water partition coefficient (Wildman–Crippen LogP) is 2.47. The zero-order valence-corrected chi connectivity index (χ0v) is 8.82. The van der Waals surface area contributed by atoms with Crippen LogP contribution in [-0.2, 0) is 6.18 Å². The van der Waals surface area contributed by atoms with E-state index in [-0.39, 0.29) is 5.75 Å². The molecule has 0 heterocycles. The molecule has 0 aliphatic rings. The number of carbonyl (C=O) groups excluding carboxylic acids is 1. The minimum Gasteiger partial charge on any atom is -0.495 e. The number of hydrogen-bond acceptors (Lipinski definition) is 2. The Bertz CT molecular complexity index is 431. The molecule has 1 aromatic rings. The number of primary amides is 1. The molecule has 16 heavy (non-hydrogen) atoms. The average Bonchev–Trinajstić information content (AvgIpc) is 2.15. The summed E-state index contributed by atoms with van der Waals surface area (Å²) in [6.07, 6.45) is -4.69. The van der Waals surface area contributed by atoms with Crippen molar-refractivity contribution in [1.82, 2.24) is 0 Å². The monoisotopic (exact) mass is 253 g/mol. The lowest BCUT2D eigenvalue weighted by Crippen LogP contribution is -2.19. The first kappa shape index (κ1) is 12.6. The molecule has 0 saturated carbocycles. The van der Waals surface area contributed by atoms with E-state index in [9.17, 15) is 18.0 Å². The summed E-state index contributed by atoms with van der Waals surface area (Å²) in [5.41, 5.74) is 2.90. The van der Waals surface area contributed by atoms with Crippen LogP contribution in [0.4, 0.5) is 13.2 Å². The molecule has 0 fully saturated rings.